The molecule has 9 heteroatoms. The molecule has 0 saturated carbocycles. The predicted octanol–water partition coefficient (Wildman–Crippen LogP) is 3.31. The fourth-order valence-electron chi connectivity index (χ4n) is 2.09. The zero-order valence-electron chi connectivity index (χ0n) is 16.8. The van der Waals surface area contributed by atoms with Gasteiger partial charge in [0.05, 0.1) is 23.8 Å². The highest BCUT2D eigenvalue weighted by molar-refractivity contribution is 6.32. The second kappa shape index (κ2) is 11.4. The van der Waals surface area contributed by atoms with E-state index in [4.69, 9.17) is 25.8 Å². The van der Waals surface area contributed by atoms with Crippen molar-refractivity contribution in [2.24, 2.45) is 0 Å². The number of amides is 3. The fourth-order valence-corrected chi connectivity index (χ4v) is 2.35. The molecule has 0 spiro atoms. The van der Waals surface area contributed by atoms with Crippen molar-refractivity contribution in [2.45, 2.75) is 53.2 Å². The zero-order valence-corrected chi connectivity index (χ0v) is 17.5. The van der Waals surface area contributed by atoms with E-state index in [-0.39, 0.29) is 16.6 Å². The highest BCUT2D eigenvalue weighted by atomic mass is 35.5. The largest absolute Gasteiger partial charge is 0.490 e. The van der Waals surface area contributed by atoms with Gasteiger partial charge < -0.3 is 19.5 Å². The molecule has 0 bridgehead atoms. The van der Waals surface area contributed by atoms with Gasteiger partial charge in [0.25, 0.3) is 5.91 Å². The van der Waals surface area contributed by atoms with Gasteiger partial charge >= 0.3 is 12.0 Å². The maximum Gasteiger partial charge on any atom is 0.339 e. The smallest absolute Gasteiger partial charge is 0.339 e. The van der Waals surface area contributed by atoms with E-state index in [1.54, 1.807) is 20.8 Å². The number of halogens is 1. The van der Waals surface area contributed by atoms with Crippen LogP contribution in [0.2, 0.25) is 5.02 Å². The molecule has 1 rings (SSSR count). The van der Waals surface area contributed by atoms with E-state index in [1.165, 1.54) is 19.1 Å². The van der Waals surface area contributed by atoms with Gasteiger partial charge in [0, 0.05) is 6.04 Å². The van der Waals surface area contributed by atoms with Crippen molar-refractivity contribution in [2.75, 3.05) is 13.2 Å². The van der Waals surface area contributed by atoms with Gasteiger partial charge in [-0.1, -0.05) is 18.5 Å². The molecule has 0 aliphatic rings. The fraction of sp³-hybridized carbons (Fsp3) is 0.526. The van der Waals surface area contributed by atoms with E-state index in [0.717, 1.165) is 6.42 Å². The number of rotatable bonds is 9. The van der Waals surface area contributed by atoms with E-state index in [9.17, 15) is 14.4 Å². The Morgan fingerprint density at radius 3 is 2.36 bits per heavy atom. The third-order valence-corrected chi connectivity index (χ3v) is 3.59. The zero-order chi connectivity index (χ0) is 21.3. The van der Waals surface area contributed by atoms with Crippen molar-refractivity contribution in [3.8, 4) is 11.5 Å². The summed E-state index contributed by atoms with van der Waals surface area (Å²) < 4.78 is 16.2. The van der Waals surface area contributed by atoms with Gasteiger partial charge in [-0.25, -0.2) is 9.59 Å². The summed E-state index contributed by atoms with van der Waals surface area (Å²) >= 11 is 6.22. The number of urea groups is 1. The van der Waals surface area contributed by atoms with Crippen LogP contribution in [0.3, 0.4) is 0 Å². The van der Waals surface area contributed by atoms with E-state index in [0.29, 0.717) is 24.7 Å². The molecule has 28 heavy (non-hydrogen) atoms. The second-order valence-electron chi connectivity index (χ2n) is 6.23. The molecule has 0 aliphatic heterocycles. The SMILES string of the molecule is CCCOc1c(Cl)cc(C(=O)OC(C)C(=O)NC(=O)NC(C)C)cc1OCC. The van der Waals surface area contributed by atoms with Crippen LogP contribution < -0.4 is 20.1 Å². The van der Waals surface area contributed by atoms with E-state index in [2.05, 4.69) is 10.6 Å². The van der Waals surface area contributed by atoms with Crippen molar-refractivity contribution >= 4 is 29.5 Å². The van der Waals surface area contributed by atoms with Gasteiger partial charge in [0.2, 0.25) is 0 Å². The van der Waals surface area contributed by atoms with Crippen molar-refractivity contribution in [1.29, 1.82) is 0 Å². The first-order valence-corrected chi connectivity index (χ1v) is 9.48. The van der Waals surface area contributed by atoms with Crippen molar-refractivity contribution in [3.05, 3.63) is 22.7 Å². The Hall–Kier alpha value is -2.48. The molecule has 1 atom stereocenters. The van der Waals surface area contributed by atoms with Gasteiger partial charge in [-0.05, 0) is 46.2 Å². The number of esters is 1. The van der Waals surface area contributed by atoms with Crippen molar-refractivity contribution in [3.63, 3.8) is 0 Å². The number of imide groups is 1. The number of nitrogens with one attached hydrogen (secondary N) is 2. The maximum atomic E-state index is 12.4. The lowest BCUT2D eigenvalue weighted by Crippen LogP contribution is -2.46. The Morgan fingerprint density at radius 1 is 1.11 bits per heavy atom. The Morgan fingerprint density at radius 2 is 1.79 bits per heavy atom. The molecular weight excluding hydrogens is 388 g/mol. The van der Waals surface area contributed by atoms with Crippen LogP contribution >= 0.6 is 11.6 Å². The summed E-state index contributed by atoms with van der Waals surface area (Å²) in [6.45, 7) is 9.40. The van der Waals surface area contributed by atoms with Gasteiger partial charge in [-0.2, -0.15) is 0 Å². The second-order valence-corrected chi connectivity index (χ2v) is 6.64. The number of hydrogen-bond acceptors (Lipinski definition) is 6. The highest BCUT2D eigenvalue weighted by Crippen LogP contribution is 2.37. The van der Waals surface area contributed by atoms with Crippen LogP contribution in [0.15, 0.2) is 12.1 Å². The molecule has 1 aromatic carbocycles. The van der Waals surface area contributed by atoms with Crippen molar-refractivity contribution < 1.29 is 28.6 Å². The summed E-state index contributed by atoms with van der Waals surface area (Å²) in [6, 6.07) is 2.02. The normalized spacial score (nSPS) is 11.5. The molecule has 0 heterocycles. The minimum atomic E-state index is -1.18. The lowest BCUT2D eigenvalue weighted by molar-refractivity contribution is -0.127. The highest BCUT2D eigenvalue weighted by Gasteiger charge is 2.23. The number of carbonyl (C=O) groups excluding carboxylic acids is 3. The number of hydrogen-bond donors (Lipinski definition) is 2. The van der Waals surface area contributed by atoms with Crippen LogP contribution in [-0.2, 0) is 9.53 Å². The van der Waals surface area contributed by atoms with Crippen LogP contribution in [0.25, 0.3) is 0 Å². The van der Waals surface area contributed by atoms with E-state index >= 15 is 0 Å². The first kappa shape index (κ1) is 23.6. The number of ether oxygens (including phenoxy) is 3. The Bertz CT molecular complexity index is 708. The Balaban J connectivity index is 2.87. The predicted molar refractivity (Wildman–Crippen MR) is 105 cm³/mol. The number of carbonyl (C=O) groups is 3. The standard InChI is InChI=1S/C19H27ClN2O6/c1-6-8-27-16-14(20)9-13(10-15(16)26-7-2)18(24)28-12(5)17(23)22-19(25)21-11(3)4/h9-12H,6-8H2,1-5H3,(H2,21,22,23,25). The lowest BCUT2D eigenvalue weighted by atomic mass is 10.2. The minimum Gasteiger partial charge on any atom is -0.490 e. The molecule has 0 fully saturated rings. The van der Waals surface area contributed by atoms with Crippen LogP contribution in [0.1, 0.15) is 51.4 Å². The molecule has 3 amide bonds. The van der Waals surface area contributed by atoms with Crippen LogP contribution in [-0.4, -0.2) is 43.3 Å². The summed E-state index contributed by atoms with van der Waals surface area (Å²) in [5, 5.41) is 4.81. The molecule has 0 aromatic heterocycles. The molecule has 0 radical (unpaired) electrons. The maximum absolute atomic E-state index is 12.4. The van der Waals surface area contributed by atoms with Gasteiger partial charge in [-0.15, -0.1) is 0 Å². The topological polar surface area (TPSA) is 103 Å². The molecule has 0 saturated heterocycles. The van der Waals surface area contributed by atoms with Crippen molar-refractivity contribution in [1.82, 2.24) is 10.6 Å². The minimum absolute atomic E-state index is 0.101. The first-order chi connectivity index (χ1) is 13.2. The van der Waals surface area contributed by atoms with Crippen LogP contribution in [0, 0.1) is 0 Å². The Kier molecular flexibility index (Phi) is 9.58. The first-order valence-electron chi connectivity index (χ1n) is 9.11. The molecule has 0 aliphatic carbocycles. The summed E-state index contributed by atoms with van der Waals surface area (Å²) in [7, 11) is 0. The third kappa shape index (κ3) is 7.26. The lowest BCUT2D eigenvalue weighted by Gasteiger charge is -2.16. The summed E-state index contributed by atoms with van der Waals surface area (Å²) in [5.74, 6) is -0.871. The monoisotopic (exact) mass is 414 g/mol. The molecule has 1 unspecified atom stereocenters. The summed E-state index contributed by atoms with van der Waals surface area (Å²) in [6.07, 6.45) is -0.404. The average molecular weight is 415 g/mol. The Labute approximate surface area is 169 Å². The molecule has 156 valence electrons. The molecule has 2 N–H and O–H groups in total. The van der Waals surface area contributed by atoms with Crippen LogP contribution in [0.4, 0.5) is 4.79 Å². The molecule has 1 aromatic rings. The van der Waals surface area contributed by atoms with E-state index < -0.39 is 24.0 Å². The summed E-state index contributed by atoms with van der Waals surface area (Å²) in [4.78, 5) is 36.0. The van der Waals surface area contributed by atoms with Gasteiger partial charge in [0.15, 0.2) is 17.6 Å². The quantitative estimate of drug-likeness (QED) is 0.601. The molecular formula is C19H27ClN2O6. The van der Waals surface area contributed by atoms with Crippen LogP contribution in [0.5, 0.6) is 11.5 Å². The van der Waals surface area contributed by atoms with Gasteiger partial charge in [0.1, 0.15) is 0 Å². The van der Waals surface area contributed by atoms with E-state index in [1.807, 2.05) is 6.92 Å². The molecule has 8 nitrogen and oxygen atoms in total. The average Bonchev–Trinajstić information content (AvgIpc) is 2.60. The van der Waals surface area contributed by atoms with Gasteiger partial charge in [-0.3, -0.25) is 10.1 Å². The summed E-state index contributed by atoms with van der Waals surface area (Å²) in [5.41, 5.74) is 0.101. The number of benzene rings is 1. The third-order valence-electron chi connectivity index (χ3n) is 3.31.